The fourth-order valence-corrected chi connectivity index (χ4v) is 1.40. The van der Waals surface area contributed by atoms with Crippen molar-refractivity contribution in [3.8, 4) is 11.3 Å². The van der Waals surface area contributed by atoms with Crippen LogP contribution in [0, 0.1) is 11.6 Å². The monoisotopic (exact) mass is 209 g/mol. The van der Waals surface area contributed by atoms with Crippen molar-refractivity contribution in [1.29, 1.82) is 0 Å². The van der Waals surface area contributed by atoms with Crippen LogP contribution in [0.4, 0.5) is 14.5 Å². The van der Waals surface area contributed by atoms with E-state index in [4.69, 9.17) is 5.73 Å². The summed E-state index contributed by atoms with van der Waals surface area (Å²) in [5.74, 6) is -1.83. The molecule has 0 aliphatic rings. The van der Waals surface area contributed by atoms with Gasteiger partial charge in [-0.1, -0.05) is 6.07 Å². The Morgan fingerprint density at radius 3 is 2.67 bits per heavy atom. The van der Waals surface area contributed by atoms with Crippen LogP contribution in [-0.4, -0.2) is 9.78 Å². The number of aromatic nitrogens is 2. The van der Waals surface area contributed by atoms with Crippen molar-refractivity contribution < 1.29 is 8.78 Å². The van der Waals surface area contributed by atoms with E-state index in [0.717, 1.165) is 6.07 Å². The van der Waals surface area contributed by atoms with Crippen LogP contribution in [0.2, 0.25) is 0 Å². The maximum Gasteiger partial charge on any atom is 0.168 e. The molecule has 0 saturated heterocycles. The summed E-state index contributed by atoms with van der Waals surface area (Å²) in [6.45, 7) is 0. The van der Waals surface area contributed by atoms with Crippen LogP contribution < -0.4 is 5.73 Å². The lowest BCUT2D eigenvalue weighted by molar-refractivity contribution is 0.511. The van der Waals surface area contributed by atoms with Crippen molar-refractivity contribution in [1.82, 2.24) is 9.78 Å². The first-order valence-electron chi connectivity index (χ1n) is 4.33. The first-order valence-corrected chi connectivity index (χ1v) is 4.33. The minimum Gasteiger partial charge on any atom is -0.396 e. The molecule has 78 valence electrons. The highest BCUT2D eigenvalue weighted by atomic mass is 19.2. The van der Waals surface area contributed by atoms with Crippen LogP contribution in [0.15, 0.2) is 24.4 Å². The summed E-state index contributed by atoms with van der Waals surface area (Å²) >= 11 is 0. The van der Waals surface area contributed by atoms with Gasteiger partial charge in [-0.25, -0.2) is 8.78 Å². The number of nitrogens with two attached hydrogens (primary N) is 1. The second-order valence-electron chi connectivity index (χ2n) is 3.21. The smallest absolute Gasteiger partial charge is 0.168 e. The Balaban J connectivity index is 2.64. The number of nitrogens with zero attached hydrogens (tertiary/aromatic N) is 2. The lowest BCUT2D eigenvalue weighted by Crippen LogP contribution is -1.93. The second kappa shape index (κ2) is 3.34. The molecule has 0 aliphatic heterocycles. The third-order valence-electron chi connectivity index (χ3n) is 2.06. The largest absolute Gasteiger partial charge is 0.396 e. The number of hydrogen-bond acceptors (Lipinski definition) is 2. The molecule has 3 nitrogen and oxygen atoms in total. The Bertz CT molecular complexity index is 505. The van der Waals surface area contributed by atoms with Gasteiger partial charge in [-0.2, -0.15) is 5.10 Å². The van der Waals surface area contributed by atoms with E-state index in [1.165, 1.54) is 16.8 Å². The van der Waals surface area contributed by atoms with E-state index in [9.17, 15) is 8.78 Å². The summed E-state index contributed by atoms with van der Waals surface area (Å²) in [6, 6.07) is 3.91. The van der Waals surface area contributed by atoms with Crippen LogP contribution in [0.25, 0.3) is 11.3 Å². The third kappa shape index (κ3) is 1.56. The highest BCUT2D eigenvalue weighted by Crippen LogP contribution is 2.27. The molecule has 5 heteroatoms. The molecule has 1 aromatic heterocycles. The minimum atomic E-state index is -0.928. The number of aryl methyl sites for hydroxylation is 1. The summed E-state index contributed by atoms with van der Waals surface area (Å²) in [6.07, 6.45) is 1.54. The van der Waals surface area contributed by atoms with E-state index in [1.54, 1.807) is 13.2 Å². The molecule has 0 spiro atoms. The molecule has 2 rings (SSSR count). The van der Waals surface area contributed by atoms with Crippen molar-refractivity contribution in [2.75, 3.05) is 5.73 Å². The molecule has 0 unspecified atom stereocenters. The molecule has 0 radical (unpaired) electrons. The molecule has 1 aromatic carbocycles. The number of benzene rings is 1. The average molecular weight is 209 g/mol. The van der Waals surface area contributed by atoms with E-state index >= 15 is 0 Å². The molecule has 0 bridgehead atoms. The number of halogens is 2. The van der Waals surface area contributed by atoms with Gasteiger partial charge in [0.15, 0.2) is 11.6 Å². The number of hydrogen-bond donors (Lipinski definition) is 1. The van der Waals surface area contributed by atoms with Gasteiger partial charge in [0, 0.05) is 18.8 Å². The second-order valence-corrected chi connectivity index (χ2v) is 3.21. The highest BCUT2D eigenvalue weighted by molar-refractivity contribution is 5.72. The van der Waals surface area contributed by atoms with Crippen LogP contribution in [-0.2, 0) is 7.05 Å². The molecular formula is C10H9F2N3. The molecule has 0 aliphatic carbocycles. The van der Waals surface area contributed by atoms with Gasteiger partial charge in [0.2, 0.25) is 0 Å². The van der Waals surface area contributed by atoms with E-state index in [0.29, 0.717) is 5.69 Å². The SMILES string of the molecule is Cn1cc(N)c(-c2cccc(F)c2F)n1. The Morgan fingerprint density at radius 1 is 1.33 bits per heavy atom. The molecule has 0 atom stereocenters. The van der Waals surface area contributed by atoms with Crippen molar-refractivity contribution in [3.63, 3.8) is 0 Å². The molecular weight excluding hydrogens is 200 g/mol. The number of nitrogen functional groups attached to an aromatic ring is 1. The van der Waals surface area contributed by atoms with E-state index in [2.05, 4.69) is 5.10 Å². The standard InChI is InChI=1S/C10H9F2N3/c1-15-5-8(13)10(14-15)6-3-2-4-7(11)9(6)12/h2-5H,13H2,1H3. The summed E-state index contributed by atoms with van der Waals surface area (Å²) < 4.78 is 27.8. The minimum absolute atomic E-state index is 0.0769. The maximum absolute atomic E-state index is 13.4. The quantitative estimate of drug-likeness (QED) is 0.780. The zero-order chi connectivity index (χ0) is 11.0. The van der Waals surface area contributed by atoms with Gasteiger partial charge in [-0.15, -0.1) is 0 Å². The van der Waals surface area contributed by atoms with Crippen LogP contribution in [0.5, 0.6) is 0 Å². The van der Waals surface area contributed by atoms with Crippen LogP contribution >= 0.6 is 0 Å². The average Bonchev–Trinajstić information content (AvgIpc) is 2.50. The van der Waals surface area contributed by atoms with Gasteiger partial charge in [0.25, 0.3) is 0 Å². The Kier molecular flexibility index (Phi) is 2.15. The van der Waals surface area contributed by atoms with Gasteiger partial charge in [-0.3, -0.25) is 4.68 Å². The Hall–Kier alpha value is -1.91. The van der Waals surface area contributed by atoms with E-state index < -0.39 is 11.6 Å². The summed E-state index contributed by atoms with van der Waals surface area (Å²) in [5, 5.41) is 3.97. The van der Waals surface area contributed by atoms with Gasteiger partial charge >= 0.3 is 0 Å². The van der Waals surface area contributed by atoms with Gasteiger partial charge < -0.3 is 5.73 Å². The Labute approximate surface area is 85.1 Å². The third-order valence-corrected chi connectivity index (χ3v) is 2.06. The van der Waals surface area contributed by atoms with Gasteiger partial charge in [0.05, 0.1) is 5.69 Å². The topological polar surface area (TPSA) is 43.8 Å². The molecule has 0 amide bonds. The predicted molar refractivity (Wildman–Crippen MR) is 53.0 cm³/mol. The van der Waals surface area contributed by atoms with Gasteiger partial charge in [0.1, 0.15) is 5.69 Å². The zero-order valence-electron chi connectivity index (χ0n) is 8.04. The fourth-order valence-electron chi connectivity index (χ4n) is 1.40. The highest BCUT2D eigenvalue weighted by Gasteiger charge is 2.14. The van der Waals surface area contributed by atoms with Crippen molar-refractivity contribution >= 4 is 5.69 Å². The van der Waals surface area contributed by atoms with E-state index in [-0.39, 0.29) is 11.3 Å². The lowest BCUT2D eigenvalue weighted by atomic mass is 10.1. The summed E-state index contributed by atoms with van der Waals surface area (Å²) in [4.78, 5) is 0. The van der Waals surface area contributed by atoms with E-state index in [1.807, 2.05) is 0 Å². The molecule has 15 heavy (non-hydrogen) atoms. The number of rotatable bonds is 1. The maximum atomic E-state index is 13.4. The molecule has 1 heterocycles. The first-order chi connectivity index (χ1) is 7.09. The Morgan fingerprint density at radius 2 is 2.07 bits per heavy atom. The predicted octanol–water partition coefficient (Wildman–Crippen LogP) is 1.95. The normalized spacial score (nSPS) is 10.6. The summed E-state index contributed by atoms with van der Waals surface area (Å²) in [7, 11) is 1.66. The number of anilines is 1. The molecule has 2 aromatic rings. The zero-order valence-corrected chi connectivity index (χ0v) is 8.04. The molecule has 0 fully saturated rings. The lowest BCUT2D eigenvalue weighted by Gasteiger charge is -2.00. The van der Waals surface area contributed by atoms with Crippen molar-refractivity contribution in [2.45, 2.75) is 0 Å². The molecule has 2 N–H and O–H groups in total. The van der Waals surface area contributed by atoms with Crippen molar-refractivity contribution in [2.24, 2.45) is 7.05 Å². The fraction of sp³-hybridized carbons (Fsp3) is 0.100. The van der Waals surface area contributed by atoms with Crippen LogP contribution in [0.1, 0.15) is 0 Å². The van der Waals surface area contributed by atoms with Crippen molar-refractivity contribution in [3.05, 3.63) is 36.0 Å². The molecule has 0 saturated carbocycles. The first kappa shape index (κ1) is 9.64. The summed E-state index contributed by atoms with van der Waals surface area (Å²) in [5.41, 5.74) is 6.28. The van der Waals surface area contributed by atoms with Crippen LogP contribution in [0.3, 0.4) is 0 Å². The van der Waals surface area contributed by atoms with Gasteiger partial charge in [-0.05, 0) is 12.1 Å².